The lowest BCUT2D eigenvalue weighted by molar-refractivity contribution is -0.150. The fraction of sp³-hybridized carbons (Fsp3) is 0.400. The third kappa shape index (κ3) is 2.95. The van der Waals surface area contributed by atoms with Gasteiger partial charge in [-0.05, 0) is 31.5 Å². The van der Waals surface area contributed by atoms with E-state index in [4.69, 9.17) is 20.0 Å². The van der Waals surface area contributed by atoms with Crippen molar-refractivity contribution in [1.29, 1.82) is 10.5 Å². The molecule has 1 atom stereocenters. The van der Waals surface area contributed by atoms with Crippen molar-refractivity contribution in [2.24, 2.45) is 5.92 Å². The average molecular weight is 290 g/mol. The second-order valence-corrected chi connectivity index (χ2v) is 4.46. The minimum absolute atomic E-state index is 0.0716. The van der Waals surface area contributed by atoms with Crippen molar-refractivity contribution in [3.05, 3.63) is 29.6 Å². The van der Waals surface area contributed by atoms with Crippen LogP contribution in [0.1, 0.15) is 19.4 Å². The normalized spacial score (nSPS) is 12.9. The molecule has 0 fully saturated rings. The van der Waals surface area contributed by atoms with Gasteiger partial charge in [-0.3, -0.25) is 4.79 Å². The largest absolute Gasteiger partial charge is 0.494 e. The van der Waals surface area contributed by atoms with Gasteiger partial charge < -0.3 is 9.47 Å². The fourth-order valence-electron chi connectivity index (χ4n) is 1.95. The molecule has 1 aromatic rings. The maximum atomic E-state index is 13.5. The minimum Gasteiger partial charge on any atom is -0.494 e. The summed E-state index contributed by atoms with van der Waals surface area (Å²) < 4.78 is 23.3. The van der Waals surface area contributed by atoms with Gasteiger partial charge in [0.15, 0.2) is 17.5 Å². The van der Waals surface area contributed by atoms with Crippen LogP contribution in [0.5, 0.6) is 5.75 Å². The molecule has 0 heterocycles. The van der Waals surface area contributed by atoms with Crippen molar-refractivity contribution in [3.63, 3.8) is 0 Å². The Balaban J connectivity index is 3.48. The van der Waals surface area contributed by atoms with Gasteiger partial charge in [0, 0.05) is 0 Å². The zero-order valence-electron chi connectivity index (χ0n) is 12.0. The molecule has 0 aromatic heterocycles. The van der Waals surface area contributed by atoms with Crippen LogP contribution in [0.4, 0.5) is 4.39 Å². The first-order valence-electron chi connectivity index (χ1n) is 6.26. The minimum atomic E-state index is -1.53. The summed E-state index contributed by atoms with van der Waals surface area (Å²) in [5.41, 5.74) is -1.24. The van der Waals surface area contributed by atoms with Gasteiger partial charge in [0.1, 0.15) is 5.41 Å². The lowest BCUT2D eigenvalue weighted by Crippen LogP contribution is -2.40. The zero-order chi connectivity index (χ0) is 16.0. The number of esters is 1. The SMILES string of the molecule is CCOC(=O)C(C)(c1ccc(F)c(OC)c1)C(C#N)C#N. The highest BCUT2D eigenvalue weighted by atomic mass is 19.1. The maximum absolute atomic E-state index is 13.5. The lowest BCUT2D eigenvalue weighted by Gasteiger charge is -2.28. The fourth-order valence-corrected chi connectivity index (χ4v) is 1.95. The second-order valence-electron chi connectivity index (χ2n) is 4.46. The van der Waals surface area contributed by atoms with Crippen LogP contribution >= 0.6 is 0 Å². The Labute approximate surface area is 122 Å². The zero-order valence-corrected chi connectivity index (χ0v) is 12.0. The van der Waals surface area contributed by atoms with Crippen LogP contribution in [-0.4, -0.2) is 19.7 Å². The molecule has 1 aromatic carbocycles. The molecule has 0 saturated carbocycles. The van der Waals surface area contributed by atoms with E-state index in [1.807, 2.05) is 0 Å². The van der Waals surface area contributed by atoms with Gasteiger partial charge in [0.05, 0.1) is 25.9 Å². The predicted octanol–water partition coefficient (Wildman–Crippen LogP) is 2.32. The van der Waals surface area contributed by atoms with E-state index < -0.39 is 23.1 Å². The van der Waals surface area contributed by atoms with Crippen molar-refractivity contribution in [1.82, 2.24) is 0 Å². The number of rotatable bonds is 5. The molecule has 110 valence electrons. The molecule has 0 aliphatic rings. The molecule has 0 bridgehead atoms. The topological polar surface area (TPSA) is 83.1 Å². The van der Waals surface area contributed by atoms with E-state index >= 15 is 0 Å². The molecule has 0 radical (unpaired) electrons. The Kier molecular flexibility index (Phi) is 5.26. The van der Waals surface area contributed by atoms with E-state index in [1.165, 1.54) is 26.2 Å². The molecular weight excluding hydrogens is 275 g/mol. The number of benzene rings is 1. The quantitative estimate of drug-likeness (QED) is 0.777. The molecule has 0 N–H and O–H groups in total. The number of ether oxygens (including phenoxy) is 2. The Morgan fingerprint density at radius 2 is 2.05 bits per heavy atom. The van der Waals surface area contributed by atoms with Crippen LogP contribution < -0.4 is 4.74 Å². The Hall–Kier alpha value is -2.60. The van der Waals surface area contributed by atoms with E-state index in [2.05, 4.69) is 0 Å². The average Bonchev–Trinajstić information content (AvgIpc) is 2.48. The summed E-state index contributed by atoms with van der Waals surface area (Å²) >= 11 is 0. The molecule has 6 heteroatoms. The van der Waals surface area contributed by atoms with E-state index in [-0.39, 0.29) is 17.9 Å². The van der Waals surface area contributed by atoms with E-state index in [0.29, 0.717) is 0 Å². The van der Waals surface area contributed by atoms with Gasteiger partial charge >= 0.3 is 5.97 Å². The first-order chi connectivity index (χ1) is 9.95. The summed E-state index contributed by atoms with van der Waals surface area (Å²) in [6, 6.07) is 7.34. The van der Waals surface area contributed by atoms with Gasteiger partial charge in [-0.1, -0.05) is 6.07 Å². The Morgan fingerprint density at radius 1 is 1.43 bits per heavy atom. The molecule has 0 aliphatic carbocycles. The van der Waals surface area contributed by atoms with Crippen LogP contribution in [0.15, 0.2) is 18.2 Å². The van der Waals surface area contributed by atoms with E-state index in [1.54, 1.807) is 19.1 Å². The second kappa shape index (κ2) is 6.71. The van der Waals surface area contributed by atoms with Crippen molar-refractivity contribution >= 4 is 5.97 Å². The standard InChI is InChI=1S/C15H15FN2O3/c1-4-21-14(19)15(2,11(8-17)9-18)10-5-6-12(16)13(7-10)20-3/h5-7,11H,4H2,1-3H3. The van der Waals surface area contributed by atoms with Crippen LogP contribution in [0.25, 0.3) is 0 Å². The summed E-state index contributed by atoms with van der Waals surface area (Å²) in [6.45, 7) is 3.16. The summed E-state index contributed by atoms with van der Waals surface area (Å²) in [5.74, 6) is -2.66. The van der Waals surface area contributed by atoms with Gasteiger partial charge in [0.2, 0.25) is 0 Å². The molecular formula is C15H15FN2O3. The Bertz CT molecular complexity index is 604. The predicted molar refractivity (Wildman–Crippen MR) is 71.7 cm³/mol. The van der Waals surface area contributed by atoms with Gasteiger partial charge in [-0.2, -0.15) is 10.5 Å². The third-order valence-corrected chi connectivity index (χ3v) is 3.29. The molecule has 0 saturated heterocycles. The molecule has 1 unspecified atom stereocenters. The number of carbonyl (C=O) groups excluding carboxylic acids is 1. The summed E-state index contributed by atoms with van der Waals surface area (Å²) in [4.78, 5) is 12.3. The highest BCUT2D eigenvalue weighted by molar-refractivity contribution is 5.84. The van der Waals surface area contributed by atoms with Crippen LogP contribution in [0.3, 0.4) is 0 Å². The van der Waals surface area contributed by atoms with Gasteiger partial charge in [-0.15, -0.1) is 0 Å². The number of methoxy groups -OCH3 is 1. The molecule has 0 spiro atoms. The molecule has 0 aliphatic heterocycles. The van der Waals surface area contributed by atoms with Crippen LogP contribution in [0.2, 0.25) is 0 Å². The summed E-state index contributed by atoms with van der Waals surface area (Å²) in [6.07, 6.45) is 0. The number of carbonyl (C=O) groups is 1. The number of nitrogens with zero attached hydrogens (tertiary/aromatic N) is 2. The highest BCUT2D eigenvalue weighted by Crippen LogP contribution is 2.36. The third-order valence-electron chi connectivity index (χ3n) is 3.29. The molecule has 21 heavy (non-hydrogen) atoms. The van der Waals surface area contributed by atoms with Gasteiger partial charge in [0.25, 0.3) is 0 Å². The van der Waals surface area contributed by atoms with E-state index in [0.717, 1.165) is 6.07 Å². The number of hydrogen-bond acceptors (Lipinski definition) is 5. The van der Waals surface area contributed by atoms with Crippen molar-refractivity contribution < 1.29 is 18.7 Å². The van der Waals surface area contributed by atoms with Crippen molar-refractivity contribution in [2.45, 2.75) is 19.3 Å². The van der Waals surface area contributed by atoms with Crippen LogP contribution in [0, 0.1) is 34.4 Å². The highest BCUT2D eigenvalue weighted by Gasteiger charge is 2.45. The maximum Gasteiger partial charge on any atom is 0.318 e. The van der Waals surface area contributed by atoms with Gasteiger partial charge in [-0.25, -0.2) is 4.39 Å². The molecule has 0 amide bonds. The smallest absolute Gasteiger partial charge is 0.318 e. The number of hydrogen-bond donors (Lipinski definition) is 0. The first-order valence-corrected chi connectivity index (χ1v) is 6.26. The lowest BCUT2D eigenvalue weighted by atomic mass is 9.72. The number of nitriles is 2. The Morgan fingerprint density at radius 3 is 2.52 bits per heavy atom. The molecule has 5 nitrogen and oxygen atoms in total. The molecule has 1 rings (SSSR count). The number of halogens is 1. The summed E-state index contributed by atoms with van der Waals surface area (Å²) in [7, 11) is 1.29. The van der Waals surface area contributed by atoms with Crippen molar-refractivity contribution in [2.75, 3.05) is 13.7 Å². The van der Waals surface area contributed by atoms with Crippen molar-refractivity contribution in [3.8, 4) is 17.9 Å². The van der Waals surface area contributed by atoms with Crippen LogP contribution in [-0.2, 0) is 14.9 Å². The van der Waals surface area contributed by atoms with E-state index in [9.17, 15) is 9.18 Å². The monoisotopic (exact) mass is 290 g/mol. The summed E-state index contributed by atoms with van der Waals surface area (Å²) in [5, 5.41) is 18.3. The first kappa shape index (κ1) is 16.5.